The Labute approximate surface area is 223 Å². The zero-order chi connectivity index (χ0) is 26.5. The summed E-state index contributed by atoms with van der Waals surface area (Å²) in [7, 11) is -3.82. The number of nitrogens with zero attached hydrogens (tertiary/aromatic N) is 1. The van der Waals surface area contributed by atoms with Gasteiger partial charge in [0.2, 0.25) is 10.0 Å². The maximum absolute atomic E-state index is 13.3. The summed E-state index contributed by atoms with van der Waals surface area (Å²) in [5, 5.41) is -0.125. The van der Waals surface area contributed by atoms with E-state index in [0.29, 0.717) is 18.0 Å². The fraction of sp³-hybridized carbons (Fsp3) is 0.321. The van der Waals surface area contributed by atoms with Crippen LogP contribution in [0.15, 0.2) is 89.8 Å². The van der Waals surface area contributed by atoms with Gasteiger partial charge >= 0.3 is 6.09 Å². The van der Waals surface area contributed by atoms with Gasteiger partial charge in [0.1, 0.15) is 18.1 Å². The maximum Gasteiger partial charge on any atom is 0.410 e. The van der Waals surface area contributed by atoms with Crippen LogP contribution in [0, 0.1) is 0 Å². The molecule has 1 heterocycles. The van der Waals surface area contributed by atoms with Crippen LogP contribution in [-0.4, -0.2) is 48.5 Å². The molecule has 3 aromatic carbocycles. The Balaban J connectivity index is 1.43. The van der Waals surface area contributed by atoms with Crippen LogP contribution in [0.2, 0.25) is 0 Å². The largest absolute Gasteiger partial charge is 0.457 e. The minimum absolute atomic E-state index is 0.116. The number of rotatable bonds is 8. The molecule has 0 spiro atoms. The minimum atomic E-state index is -3.82. The molecular weight excluding hydrogens is 508 g/mol. The molecule has 3 aromatic rings. The molecule has 0 radical (unpaired) electrons. The summed E-state index contributed by atoms with van der Waals surface area (Å²) < 4.78 is 40.5. The van der Waals surface area contributed by atoms with Crippen molar-refractivity contribution in [3.63, 3.8) is 0 Å². The summed E-state index contributed by atoms with van der Waals surface area (Å²) in [6.45, 7) is 7.02. The predicted octanol–water partition coefficient (Wildman–Crippen LogP) is 5.68. The number of benzene rings is 3. The Hall–Kier alpha value is -3.01. The van der Waals surface area contributed by atoms with Crippen molar-refractivity contribution in [3.8, 4) is 11.5 Å². The van der Waals surface area contributed by atoms with E-state index in [1.807, 2.05) is 60.7 Å². The third kappa shape index (κ3) is 7.74. The first-order valence-electron chi connectivity index (χ1n) is 12.1. The Morgan fingerprint density at radius 1 is 0.919 bits per heavy atom. The van der Waals surface area contributed by atoms with Gasteiger partial charge in [-0.25, -0.2) is 17.9 Å². The van der Waals surface area contributed by atoms with Crippen molar-refractivity contribution in [2.75, 3.05) is 13.1 Å². The molecule has 1 aliphatic heterocycles. The Kier molecular flexibility index (Phi) is 8.46. The summed E-state index contributed by atoms with van der Waals surface area (Å²) in [5.41, 5.74) is 0.896. The van der Waals surface area contributed by atoms with Crippen LogP contribution < -0.4 is 9.46 Å². The van der Waals surface area contributed by atoms with Gasteiger partial charge in [0.25, 0.3) is 0 Å². The number of hydrogen-bond donors (Lipinski definition) is 1. The third-order valence-electron chi connectivity index (χ3n) is 5.65. The Bertz CT molecular complexity index is 1280. The van der Waals surface area contributed by atoms with Crippen LogP contribution in [0.1, 0.15) is 26.3 Å². The molecule has 4 rings (SSSR count). The molecule has 7 nitrogen and oxygen atoms in total. The van der Waals surface area contributed by atoms with Gasteiger partial charge in [-0.15, -0.1) is 11.8 Å². The van der Waals surface area contributed by atoms with Gasteiger partial charge in [0.15, 0.2) is 0 Å². The molecule has 1 amide bonds. The van der Waals surface area contributed by atoms with E-state index in [1.54, 1.807) is 28.8 Å². The van der Waals surface area contributed by atoms with Crippen LogP contribution >= 0.6 is 11.8 Å². The summed E-state index contributed by atoms with van der Waals surface area (Å²) in [4.78, 5) is 14.5. The highest BCUT2D eigenvalue weighted by atomic mass is 32.2. The van der Waals surface area contributed by atoms with E-state index in [0.717, 1.165) is 5.56 Å². The van der Waals surface area contributed by atoms with Crippen molar-refractivity contribution in [2.24, 2.45) is 0 Å². The lowest BCUT2D eigenvalue weighted by Crippen LogP contribution is -2.43. The normalized spacial score (nSPS) is 18.0. The summed E-state index contributed by atoms with van der Waals surface area (Å²) in [6, 6.07) is 24.6. The lowest BCUT2D eigenvalue weighted by Gasteiger charge is -2.26. The molecule has 1 saturated heterocycles. The molecule has 2 unspecified atom stereocenters. The van der Waals surface area contributed by atoms with Crippen LogP contribution in [0.25, 0.3) is 0 Å². The Morgan fingerprint density at radius 2 is 1.51 bits per heavy atom. The number of ether oxygens (including phenoxy) is 2. The van der Waals surface area contributed by atoms with E-state index in [-0.39, 0.29) is 28.0 Å². The molecule has 1 aliphatic rings. The van der Waals surface area contributed by atoms with Gasteiger partial charge < -0.3 is 14.4 Å². The second-order valence-corrected chi connectivity index (χ2v) is 13.6. The highest BCUT2D eigenvalue weighted by Gasteiger charge is 2.40. The first kappa shape index (κ1) is 27.0. The number of hydrogen-bond acceptors (Lipinski definition) is 6. The average Bonchev–Trinajstić information content (AvgIpc) is 3.24. The maximum atomic E-state index is 13.3. The summed E-state index contributed by atoms with van der Waals surface area (Å²) >= 11 is 1.65. The van der Waals surface area contributed by atoms with Gasteiger partial charge in [-0.2, -0.15) is 0 Å². The molecule has 2 atom stereocenters. The lowest BCUT2D eigenvalue weighted by molar-refractivity contribution is 0.104. The minimum Gasteiger partial charge on any atom is -0.457 e. The summed E-state index contributed by atoms with van der Waals surface area (Å²) in [5.74, 6) is 1.21. The molecule has 9 heteroatoms. The molecule has 1 fully saturated rings. The van der Waals surface area contributed by atoms with E-state index in [1.165, 1.54) is 12.1 Å². The number of sulfonamides is 1. The van der Waals surface area contributed by atoms with E-state index in [2.05, 4.69) is 25.5 Å². The number of nitrogens with one attached hydrogen (secondary N) is 1. The molecule has 196 valence electrons. The van der Waals surface area contributed by atoms with Crippen LogP contribution in [-0.2, 0) is 21.4 Å². The monoisotopic (exact) mass is 540 g/mol. The SMILES string of the molecule is CC(C)(C)SC1CN(C(=O)OCc2ccccc2)CC1NS(=O)(=O)c1ccc(Oc2ccccc2)cc1. The standard InChI is InChI=1S/C28H32N2O5S2/c1-28(2,3)36-26-19-30(27(31)34-20-21-10-6-4-7-11-21)18-25(26)29-37(32,33)24-16-14-23(15-17-24)35-22-12-8-5-9-13-22/h4-17,25-26,29H,18-20H2,1-3H3. The molecule has 0 aromatic heterocycles. The van der Waals surface area contributed by atoms with Crippen molar-refractivity contribution >= 4 is 27.9 Å². The molecule has 37 heavy (non-hydrogen) atoms. The van der Waals surface area contributed by atoms with Gasteiger partial charge in [0, 0.05) is 23.1 Å². The van der Waals surface area contributed by atoms with Gasteiger partial charge in [-0.3, -0.25) is 0 Å². The van der Waals surface area contributed by atoms with E-state index in [4.69, 9.17) is 9.47 Å². The van der Waals surface area contributed by atoms with Crippen molar-refractivity contribution in [3.05, 3.63) is 90.5 Å². The molecular formula is C28H32N2O5S2. The topological polar surface area (TPSA) is 84.9 Å². The van der Waals surface area contributed by atoms with Crippen LogP contribution in [0.4, 0.5) is 4.79 Å². The van der Waals surface area contributed by atoms with Crippen molar-refractivity contribution in [1.82, 2.24) is 9.62 Å². The number of amides is 1. The first-order chi connectivity index (χ1) is 17.6. The number of para-hydroxylation sites is 1. The van der Waals surface area contributed by atoms with Crippen molar-refractivity contribution < 1.29 is 22.7 Å². The van der Waals surface area contributed by atoms with Crippen LogP contribution in [0.5, 0.6) is 11.5 Å². The zero-order valence-corrected chi connectivity index (χ0v) is 22.8. The predicted molar refractivity (Wildman–Crippen MR) is 146 cm³/mol. The summed E-state index contributed by atoms with van der Waals surface area (Å²) in [6.07, 6.45) is -0.451. The lowest BCUT2D eigenvalue weighted by atomic mass is 10.2. The fourth-order valence-corrected chi connectivity index (χ4v) is 6.83. The first-order valence-corrected chi connectivity index (χ1v) is 14.4. The molecule has 0 aliphatic carbocycles. The van der Waals surface area contributed by atoms with Crippen molar-refractivity contribution in [2.45, 2.75) is 48.3 Å². The average molecular weight is 541 g/mol. The van der Waals surface area contributed by atoms with Crippen LogP contribution in [0.3, 0.4) is 0 Å². The second kappa shape index (κ2) is 11.6. The second-order valence-electron chi connectivity index (χ2n) is 9.83. The number of likely N-dealkylation sites (tertiary alicyclic amines) is 1. The van der Waals surface area contributed by atoms with E-state index in [9.17, 15) is 13.2 Å². The molecule has 1 N–H and O–H groups in total. The highest BCUT2D eigenvalue weighted by Crippen LogP contribution is 2.34. The van der Waals surface area contributed by atoms with Gasteiger partial charge in [0.05, 0.1) is 10.9 Å². The van der Waals surface area contributed by atoms with Crippen molar-refractivity contribution in [1.29, 1.82) is 0 Å². The third-order valence-corrected chi connectivity index (χ3v) is 8.65. The smallest absolute Gasteiger partial charge is 0.410 e. The zero-order valence-electron chi connectivity index (χ0n) is 21.2. The number of carbonyl (C=O) groups is 1. The van der Waals surface area contributed by atoms with Gasteiger partial charge in [-0.1, -0.05) is 69.3 Å². The molecule has 0 saturated carbocycles. The number of carbonyl (C=O) groups excluding carboxylic acids is 1. The van der Waals surface area contributed by atoms with E-state index < -0.39 is 22.2 Å². The number of thioether (sulfide) groups is 1. The van der Waals surface area contributed by atoms with Gasteiger partial charge in [-0.05, 0) is 42.0 Å². The quantitative estimate of drug-likeness (QED) is 0.396. The van der Waals surface area contributed by atoms with E-state index >= 15 is 0 Å². The fourth-order valence-electron chi connectivity index (χ4n) is 4.00. The Morgan fingerprint density at radius 3 is 2.14 bits per heavy atom. The highest BCUT2D eigenvalue weighted by molar-refractivity contribution is 8.01. The molecule has 0 bridgehead atoms.